The van der Waals surface area contributed by atoms with Crippen molar-refractivity contribution in [2.45, 2.75) is 32.4 Å². The molecule has 0 saturated heterocycles. The highest BCUT2D eigenvalue weighted by atomic mass is 16.2. The quantitative estimate of drug-likeness (QED) is 0.810. The highest BCUT2D eigenvalue weighted by molar-refractivity contribution is 5.76. The van der Waals surface area contributed by atoms with Gasteiger partial charge < -0.3 is 4.90 Å². The zero-order valence-electron chi connectivity index (χ0n) is 12.1. The number of hydrogen-bond acceptors (Lipinski definition) is 4. The van der Waals surface area contributed by atoms with Crippen LogP contribution in [0.4, 0.5) is 0 Å². The van der Waals surface area contributed by atoms with Crippen molar-refractivity contribution >= 4 is 5.91 Å². The Morgan fingerprint density at radius 3 is 2.76 bits per heavy atom. The number of carbonyl (C=O) groups is 1. The lowest BCUT2D eigenvalue weighted by Gasteiger charge is -2.29. The topological polar surface area (TPSA) is 63.9 Å². The van der Waals surface area contributed by atoms with Gasteiger partial charge in [0.2, 0.25) is 5.91 Å². The number of amides is 1. The van der Waals surface area contributed by atoms with Crippen LogP contribution in [0, 0.1) is 5.92 Å². The molecule has 21 heavy (non-hydrogen) atoms. The van der Waals surface area contributed by atoms with Crippen molar-refractivity contribution in [1.29, 1.82) is 0 Å². The van der Waals surface area contributed by atoms with Gasteiger partial charge >= 0.3 is 0 Å². The van der Waals surface area contributed by atoms with Crippen LogP contribution < -0.4 is 0 Å². The van der Waals surface area contributed by atoms with Crippen LogP contribution in [-0.4, -0.2) is 37.6 Å². The first-order valence-electron chi connectivity index (χ1n) is 7.29. The van der Waals surface area contributed by atoms with Crippen LogP contribution >= 0.6 is 0 Å². The Kier molecular flexibility index (Phi) is 3.94. The fourth-order valence-corrected chi connectivity index (χ4v) is 2.45. The molecule has 6 nitrogen and oxygen atoms in total. The predicted octanol–water partition coefficient (Wildman–Crippen LogP) is 1.67. The van der Waals surface area contributed by atoms with E-state index < -0.39 is 0 Å². The summed E-state index contributed by atoms with van der Waals surface area (Å²) in [4.78, 5) is 14.6. The number of carbonyl (C=O) groups excluding carboxylic acids is 1. The summed E-state index contributed by atoms with van der Waals surface area (Å²) >= 11 is 0. The number of aromatic nitrogens is 4. The van der Waals surface area contributed by atoms with Crippen molar-refractivity contribution in [1.82, 2.24) is 25.1 Å². The average molecular weight is 285 g/mol. The summed E-state index contributed by atoms with van der Waals surface area (Å²) in [6.07, 6.45) is 3.91. The minimum Gasteiger partial charge on any atom is -0.334 e. The third-order valence-corrected chi connectivity index (χ3v) is 3.91. The van der Waals surface area contributed by atoms with Crippen LogP contribution in [0.3, 0.4) is 0 Å². The first-order chi connectivity index (χ1) is 10.2. The molecule has 110 valence electrons. The summed E-state index contributed by atoms with van der Waals surface area (Å²) < 4.78 is 1.47. The monoisotopic (exact) mass is 285 g/mol. The molecule has 2 aromatic rings. The van der Waals surface area contributed by atoms with Gasteiger partial charge in [0.1, 0.15) is 12.9 Å². The predicted molar refractivity (Wildman–Crippen MR) is 77.1 cm³/mol. The van der Waals surface area contributed by atoms with E-state index in [9.17, 15) is 4.79 Å². The summed E-state index contributed by atoms with van der Waals surface area (Å²) in [5, 5.41) is 10.9. The number of nitrogens with zero attached hydrogens (tertiary/aromatic N) is 5. The number of hydrogen-bond donors (Lipinski definition) is 0. The Bertz CT molecular complexity index is 579. The second-order valence-electron chi connectivity index (χ2n) is 5.58. The minimum atomic E-state index is 0.0607. The van der Waals surface area contributed by atoms with Crippen LogP contribution in [0.1, 0.15) is 31.4 Å². The van der Waals surface area contributed by atoms with E-state index >= 15 is 0 Å². The lowest BCUT2D eigenvalue weighted by Crippen LogP contribution is -2.37. The molecule has 1 fully saturated rings. The van der Waals surface area contributed by atoms with E-state index in [4.69, 9.17) is 0 Å². The minimum absolute atomic E-state index is 0.0607. The fourth-order valence-electron chi connectivity index (χ4n) is 2.45. The number of benzene rings is 1. The van der Waals surface area contributed by atoms with Gasteiger partial charge in [-0.3, -0.25) is 4.79 Å². The lowest BCUT2D eigenvalue weighted by molar-refractivity contribution is -0.134. The molecule has 3 rings (SSSR count). The molecular weight excluding hydrogens is 266 g/mol. The normalized spacial score (nSPS) is 15.7. The largest absolute Gasteiger partial charge is 0.334 e. The van der Waals surface area contributed by atoms with Gasteiger partial charge in [-0.15, -0.1) is 5.10 Å². The molecule has 1 amide bonds. The highest BCUT2D eigenvalue weighted by Crippen LogP contribution is 2.32. The molecule has 0 aliphatic heterocycles. The van der Waals surface area contributed by atoms with Gasteiger partial charge in [-0.2, -0.15) is 0 Å². The zero-order valence-corrected chi connectivity index (χ0v) is 12.1. The second kappa shape index (κ2) is 6.03. The molecule has 0 radical (unpaired) electrons. The van der Waals surface area contributed by atoms with Crippen molar-refractivity contribution in [2.24, 2.45) is 5.92 Å². The summed E-state index contributed by atoms with van der Waals surface area (Å²) in [6.45, 7) is 3.09. The molecule has 1 aliphatic carbocycles. The maximum absolute atomic E-state index is 12.6. The molecule has 0 unspecified atom stereocenters. The van der Waals surface area contributed by atoms with Gasteiger partial charge in [0.15, 0.2) is 0 Å². The Morgan fingerprint density at radius 1 is 1.38 bits per heavy atom. The van der Waals surface area contributed by atoms with Gasteiger partial charge in [-0.05, 0) is 41.7 Å². The molecular formula is C15H19N5O. The Hall–Kier alpha value is -2.24. The van der Waals surface area contributed by atoms with Crippen molar-refractivity contribution < 1.29 is 4.79 Å². The van der Waals surface area contributed by atoms with Crippen LogP contribution in [0.15, 0.2) is 36.7 Å². The standard InChI is InChI=1S/C15H19N5O/c1-12(14-5-3-2-4-6-14)20(9-13-7-8-13)15(21)10-19-11-16-17-18-19/h2-6,11-13H,7-10H2,1H3/t12-/m0/s1. The van der Waals surface area contributed by atoms with Gasteiger partial charge in [0.25, 0.3) is 0 Å². The summed E-state index contributed by atoms with van der Waals surface area (Å²) in [7, 11) is 0. The molecule has 6 heteroatoms. The summed E-state index contributed by atoms with van der Waals surface area (Å²) in [5.74, 6) is 0.708. The maximum Gasteiger partial charge on any atom is 0.244 e. The van der Waals surface area contributed by atoms with Crippen molar-refractivity contribution in [3.8, 4) is 0 Å². The van der Waals surface area contributed by atoms with Crippen molar-refractivity contribution in [3.05, 3.63) is 42.2 Å². The van der Waals surface area contributed by atoms with Crippen molar-refractivity contribution in [2.75, 3.05) is 6.54 Å². The lowest BCUT2D eigenvalue weighted by atomic mass is 10.1. The maximum atomic E-state index is 12.6. The van der Waals surface area contributed by atoms with Gasteiger partial charge in [-0.1, -0.05) is 30.3 Å². The average Bonchev–Trinajstić information content (AvgIpc) is 3.20. The Morgan fingerprint density at radius 2 is 2.14 bits per heavy atom. The second-order valence-corrected chi connectivity index (χ2v) is 5.58. The fraction of sp³-hybridized carbons (Fsp3) is 0.467. The zero-order chi connectivity index (χ0) is 14.7. The first kappa shape index (κ1) is 13.7. The highest BCUT2D eigenvalue weighted by Gasteiger charge is 2.30. The van der Waals surface area contributed by atoms with Crippen LogP contribution in [0.25, 0.3) is 0 Å². The SMILES string of the molecule is C[C@@H](c1ccccc1)N(CC1CC1)C(=O)Cn1cnnn1. The molecule has 1 heterocycles. The van der Waals surface area contributed by atoms with E-state index in [-0.39, 0.29) is 18.5 Å². The van der Waals surface area contributed by atoms with Gasteiger partial charge in [0, 0.05) is 6.54 Å². The third-order valence-electron chi connectivity index (χ3n) is 3.91. The number of tetrazole rings is 1. The molecule has 1 aliphatic rings. The molecule has 1 atom stereocenters. The van der Waals surface area contributed by atoms with E-state index in [0.29, 0.717) is 5.92 Å². The van der Waals surface area contributed by atoms with Gasteiger partial charge in [-0.25, -0.2) is 4.68 Å². The van der Waals surface area contributed by atoms with E-state index in [2.05, 4.69) is 34.6 Å². The Balaban J connectivity index is 1.74. The Labute approximate surface area is 123 Å². The smallest absolute Gasteiger partial charge is 0.244 e. The molecule has 0 bridgehead atoms. The molecule has 0 spiro atoms. The summed E-state index contributed by atoms with van der Waals surface area (Å²) in [5.41, 5.74) is 1.16. The number of rotatable bonds is 6. The van der Waals surface area contributed by atoms with E-state index in [1.165, 1.54) is 23.9 Å². The van der Waals surface area contributed by atoms with Crippen LogP contribution in [-0.2, 0) is 11.3 Å². The van der Waals surface area contributed by atoms with Crippen LogP contribution in [0.2, 0.25) is 0 Å². The molecule has 1 aromatic heterocycles. The summed E-state index contributed by atoms with van der Waals surface area (Å²) in [6, 6.07) is 10.2. The molecule has 0 N–H and O–H groups in total. The van der Waals surface area contributed by atoms with Gasteiger partial charge in [0.05, 0.1) is 6.04 Å². The molecule has 1 saturated carbocycles. The van der Waals surface area contributed by atoms with E-state index in [1.54, 1.807) is 0 Å². The van der Waals surface area contributed by atoms with E-state index in [0.717, 1.165) is 12.1 Å². The molecule has 1 aromatic carbocycles. The van der Waals surface area contributed by atoms with Crippen LogP contribution in [0.5, 0.6) is 0 Å². The van der Waals surface area contributed by atoms with Crippen molar-refractivity contribution in [3.63, 3.8) is 0 Å². The van der Waals surface area contributed by atoms with E-state index in [1.807, 2.05) is 23.1 Å². The first-order valence-corrected chi connectivity index (χ1v) is 7.29. The third kappa shape index (κ3) is 3.45.